The van der Waals surface area contributed by atoms with Crippen LogP contribution in [0.5, 0.6) is 0 Å². The van der Waals surface area contributed by atoms with Crippen LogP contribution >= 0.6 is 0 Å². The summed E-state index contributed by atoms with van der Waals surface area (Å²) in [6.45, 7) is 9.05. The van der Waals surface area contributed by atoms with Crippen LogP contribution in [-0.2, 0) is 5.41 Å². The molecule has 0 spiro atoms. The van der Waals surface area contributed by atoms with Gasteiger partial charge in [-0.3, -0.25) is 9.78 Å². The van der Waals surface area contributed by atoms with E-state index < -0.39 is 0 Å². The molecule has 0 unspecified atom stereocenters. The van der Waals surface area contributed by atoms with Crippen LogP contribution in [0.4, 0.5) is 0 Å². The molecular formula is C13H20N2O. The number of amides is 1. The fraction of sp³-hybridized carbons (Fsp3) is 0.538. The van der Waals surface area contributed by atoms with Crippen molar-refractivity contribution in [3.8, 4) is 0 Å². The Morgan fingerprint density at radius 2 is 2.06 bits per heavy atom. The SMILES string of the molecule is CCCNC(=O)c1ccc(C(C)(C)C)nc1. The molecule has 0 aromatic carbocycles. The number of rotatable bonds is 3. The van der Waals surface area contributed by atoms with Gasteiger partial charge in [0.05, 0.1) is 5.56 Å². The molecular weight excluding hydrogens is 200 g/mol. The Kier molecular flexibility index (Phi) is 4.05. The zero-order chi connectivity index (χ0) is 12.2. The summed E-state index contributed by atoms with van der Waals surface area (Å²) in [5.41, 5.74) is 1.65. The van der Waals surface area contributed by atoms with Gasteiger partial charge < -0.3 is 5.32 Å². The normalized spacial score (nSPS) is 11.2. The molecule has 88 valence electrons. The van der Waals surface area contributed by atoms with E-state index in [-0.39, 0.29) is 11.3 Å². The molecule has 0 radical (unpaired) electrons. The molecule has 1 rings (SSSR count). The van der Waals surface area contributed by atoms with Gasteiger partial charge in [-0.15, -0.1) is 0 Å². The van der Waals surface area contributed by atoms with Gasteiger partial charge in [0.15, 0.2) is 0 Å². The third-order valence-electron chi connectivity index (χ3n) is 2.33. The van der Waals surface area contributed by atoms with Crippen molar-refractivity contribution in [1.29, 1.82) is 0 Å². The minimum Gasteiger partial charge on any atom is -0.352 e. The Morgan fingerprint density at radius 3 is 2.50 bits per heavy atom. The maximum absolute atomic E-state index is 11.6. The van der Waals surface area contributed by atoms with Gasteiger partial charge >= 0.3 is 0 Å². The lowest BCUT2D eigenvalue weighted by atomic mass is 9.91. The van der Waals surface area contributed by atoms with Crippen molar-refractivity contribution in [1.82, 2.24) is 10.3 Å². The van der Waals surface area contributed by atoms with Crippen LogP contribution in [0.15, 0.2) is 18.3 Å². The zero-order valence-corrected chi connectivity index (χ0v) is 10.5. The predicted molar refractivity (Wildman–Crippen MR) is 65.6 cm³/mol. The first kappa shape index (κ1) is 12.7. The maximum Gasteiger partial charge on any atom is 0.252 e. The third-order valence-corrected chi connectivity index (χ3v) is 2.33. The predicted octanol–water partition coefficient (Wildman–Crippen LogP) is 2.52. The molecule has 0 saturated carbocycles. The summed E-state index contributed by atoms with van der Waals surface area (Å²) in [5, 5.41) is 2.83. The second kappa shape index (κ2) is 5.10. The Balaban J connectivity index is 2.75. The summed E-state index contributed by atoms with van der Waals surface area (Å²) in [5.74, 6) is -0.0465. The van der Waals surface area contributed by atoms with Crippen LogP contribution < -0.4 is 5.32 Å². The monoisotopic (exact) mass is 220 g/mol. The van der Waals surface area contributed by atoms with E-state index in [9.17, 15) is 4.79 Å². The van der Waals surface area contributed by atoms with E-state index in [0.29, 0.717) is 12.1 Å². The molecule has 1 amide bonds. The molecule has 1 aromatic heterocycles. The Labute approximate surface area is 97.3 Å². The second-order valence-electron chi connectivity index (χ2n) is 4.94. The molecule has 1 heterocycles. The zero-order valence-electron chi connectivity index (χ0n) is 10.5. The molecule has 1 aromatic rings. The van der Waals surface area contributed by atoms with E-state index in [1.807, 2.05) is 19.1 Å². The number of hydrogen-bond acceptors (Lipinski definition) is 2. The van der Waals surface area contributed by atoms with Gasteiger partial charge in [-0.25, -0.2) is 0 Å². The highest BCUT2D eigenvalue weighted by molar-refractivity contribution is 5.93. The highest BCUT2D eigenvalue weighted by atomic mass is 16.1. The number of aromatic nitrogens is 1. The summed E-state index contributed by atoms with van der Waals surface area (Å²) < 4.78 is 0. The number of nitrogens with one attached hydrogen (secondary N) is 1. The fourth-order valence-corrected chi connectivity index (χ4v) is 1.31. The molecule has 0 aliphatic rings. The average molecular weight is 220 g/mol. The van der Waals surface area contributed by atoms with Crippen molar-refractivity contribution in [2.24, 2.45) is 0 Å². The van der Waals surface area contributed by atoms with Crippen LogP contribution in [0.25, 0.3) is 0 Å². The largest absolute Gasteiger partial charge is 0.352 e. The standard InChI is InChI=1S/C13H20N2O/c1-5-8-14-12(16)10-6-7-11(15-9-10)13(2,3)4/h6-7,9H,5,8H2,1-4H3,(H,14,16). The van der Waals surface area contributed by atoms with E-state index in [2.05, 4.69) is 31.1 Å². The van der Waals surface area contributed by atoms with Crippen molar-refractivity contribution in [2.45, 2.75) is 39.5 Å². The third kappa shape index (κ3) is 3.33. The highest BCUT2D eigenvalue weighted by Gasteiger charge is 2.15. The molecule has 0 aliphatic heterocycles. The number of carbonyl (C=O) groups is 1. The van der Waals surface area contributed by atoms with Gasteiger partial charge in [-0.2, -0.15) is 0 Å². The number of carbonyl (C=O) groups excluding carboxylic acids is 1. The topological polar surface area (TPSA) is 42.0 Å². The Morgan fingerprint density at radius 1 is 1.38 bits per heavy atom. The maximum atomic E-state index is 11.6. The van der Waals surface area contributed by atoms with E-state index in [0.717, 1.165) is 12.1 Å². The minimum atomic E-state index is -0.0465. The van der Waals surface area contributed by atoms with Crippen LogP contribution in [0, 0.1) is 0 Å². The van der Waals surface area contributed by atoms with Crippen molar-refractivity contribution in [2.75, 3.05) is 6.54 Å². The van der Waals surface area contributed by atoms with E-state index in [1.54, 1.807) is 6.20 Å². The molecule has 0 bridgehead atoms. The summed E-state index contributed by atoms with van der Waals surface area (Å²) >= 11 is 0. The van der Waals surface area contributed by atoms with E-state index in [4.69, 9.17) is 0 Å². The lowest BCUT2D eigenvalue weighted by Crippen LogP contribution is -2.24. The Hall–Kier alpha value is -1.38. The van der Waals surface area contributed by atoms with Crippen molar-refractivity contribution >= 4 is 5.91 Å². The molecule has 1 N–H and O–H groups in total. The number of hydrogen-bond donors (Lipinski definition) is 1. The van der Waals surface area contributed by atoms with Crippen LogP contribution in [0.1, 0.15) is 50.2 Å². The summed E-state index contributed by atoms with van der Waals surface area (Å²) in [4.78, 5) is 15.9. The molecule has 0 atom stereocenters. The van der Waals surface area contributed by atoms with Gasteiger partial charge in [-0.1, -0.05) is 27.7 Å². The van der Waals surface area contributed by atoms with Crippen molar-refractivity contribution in [3.05, 3.63) is 29.6 Å². The van der Waals surface area contributed by atoms with Crippen LogP contribution in [0.2, 0.25) is 0 Å². The molecule has 3 heteroatoms. The quantitative estimate of drug-likeness (QED) is 0.850. The minimum absolute atomic E-state index is 0.0262. The molecule has 0 fully saturated rings. The van der Waals surface area contributed by atoms with Gasteiger partial charge in [0, 0.05) is 23.9 Å². The molecule has 3 nitrogen and oxygen atoms in total. The fourth-order valence-electron chi connectivity index (χ4n) is 1.31. The van der Waals surface area contributed by atoms with Gasteiger partial charge in [0.2, 0.25) is 0 Å². The number of pyridine rings is 1. The second-order valence-corrected chi connectivity index (χ2v) is 4.94. The first-order valence-electron chi connectivity index (χ1n) is 5.70. The molecule has 0 aliphatic carbocycles. The van der Waals surface area contributed by atoms with Crippen LogP contribution in [-0.4, -0.2) is 17.4 Å². The van der Waals surface area contributed by atoms with E-state index >= 15 is 0 Å². The van der Waals surface area contributed by atoms with Crippen LogP contribution in [0.3, 0.4) is 0 Å². The van der Waals surface area contributed by atoms with Crippen molar-refractivity contribution in [3.63, 3.8) is 0 Å². The smallest absolute Gasteiger partial charge is 0.252 e. The molecule has 0 saturated heterocycles. The lowest BCUT2D eigenvalue weighted by molar-refractivity contribution is 0.0953. The van der Waals surface area contributed by atoms with E-state index in [1.165, 1.54) is 0 Å². The number of nitrogens with zero attached hydrogens (tertiary/aromatic N) is 1. The van der Waals surface area contributed by atoms with Crippen molar-refractivity contribution < 1.29 is 4.79 Å². The van der Waals surface area contributed by atoms with Gasteiger partial charge in [0.25, 0.3) is 5.91 Å². The lowest BCUT2D eigenvalue weighted by Gasteiger charge is -2.17. The first-order valence-corrected chi connectivity index (χ1v) is 5.70. The summed E-state index contributed by atoms with van der Waals surface area (Å²) in [6, 6.07) is 3.75. The first-order chi connectivity index (χ1) is 7.45. The Bertz CT molecular complexity index is 349. The molecule has 16 heavy (non-hydrogen) atoms. The summed E-state index contributed by atoms with van der Waals surface area (Å²) in [6.07, 6.45) is 2.59. The average Bonchev–Trinajstić information content (AvgIpc) is 2.25. The van der Waals surface area contributed by atoms with Gasteiger partial charge in [-0.05, 0) is 18.6 Å². The summed E-state index contributed by atoms with van der Waals surface area (Å²) in [7, 11) is 0. The highest BCUT2D eigenvalue weighted by Crippen LogP contribution is 2.19. The van der Waals surface area contributed by atoms with Gasteiger partial charge in [0.1, 0.15) is 0 Å².